The van der Waals surface area contributed by atoms with Crippen molar-refractivity contribution in [2.45, 2.75) is 6.54 Å². The molecule has 0 bridgehead atoms. The number of nitrogens with one attached hydrogen (secondary N) is 1. The Labute approximate surface area is 152 Å². The van der Waals surface area contributed by atoms with Crippen LogP contribution in [0, 0.1) is 0 Å². The van der Waals surface area contributed by atoms with E-state index in [4.69, 9.17) is 0 Å². The number of hydrogen-bond acceptors (Lipinski definition) is 2. The zero-order chi connectivity index (χ0) is 17.8. The predicted molar refractivity (Wildman–Crippen MR) is 105 cm³/mol. The monoisotopic (exact) mass is 338 g/mol. The summed E-state index contributed by atoms with van der Waals surface area (Å²) in [6.45, 7) is 0.477. The second-order valence-corrected chi connectivity index (χ2v) is 6.11. The number of hydrogen-bond donors (Lipinski definition) is 1. The Kier molecular flexibility index (Phi) is 4.44. The molecule has 0 saturated carbocycles. The lowest BCUT2D eigenvalue weighted by molar-refractivity contribution is 0.0951. The van der Waals surface area contributed by atoms with E-state index in [1.165, 1.54) is 0 Å². The van der Waals surface area contributed by atoms with Crippen molar-refractivity contribution in [3.8, 4) is 11.1 Å². The lowest BCUT2D eigenvalue weighted by atomic mass is 9.94. The molecule has 1 N–H and O–H groups in total. The Morgan fingerprint density at radius 1 is 0.769 bits per heavy atom. The normalized spacial score (nSPS) is 10.6. The standard InChI is InChI=1S/C23H18N2O/c26-23(25-16-17-12-14-24-15-13-17)22-10-4-3-9-21(22)20-11-5-7-18-6-1-2-8-19(18)20/h1-15H,16H2,(H,25,26). The van der Waals surface area contributed by atoms with Crippen molar-refractivity contribution < 1.29 is 4.79 Å². The number of carbonyl (C=O) groups is 1. The van der Waals surface area contributed by atoms with Crippen LogP contribution in [0.2, 0.25) is 0 Å². The number of nitrogens with zero attached hydrogens (tertiary/aromatic N) is 1. The zero-order valence-corrected chi connectivity index (χ0v) is 14.2. The fourth-order valence-corrected chi connectivity index (χ4v) is 3.15. The summed E-state index contributed by atoms with van der Waals surface area (Å²) in [5.74, 6) is -0.0784. The molecule has 0 aliphatic rings. The predicted octanol–water partition coefficient (Wildman–Crippen LogP) is 4.83. The van der Waals surface area contributed by atoms with Gasteiger partial charge in [-0.05, 0) is 45.7 Å². The van der Waals surface area contributed by atoms with E-state index in [1.54, 1.807) is 12.4 Å². The molecule has 0 radical (unpaired) electrons. The number of pyridine rings is 1. The van der Waals surface area contributed by atoms with Crippen molar-refractivity contribution in [1.29, 1.82) is 0 Å². The number of amides is 1. The van der Waals surface area contributed by atoms with Crippen LogP contribution in [0.25, 0.3) is 21.9 Å². The summed E-state index contributed by atoms with van der Waals surface area (Å²) in [5.41, 5.74) is 3.71. The molecule has 1 amide bonds. The topological polar surface area (TPSA) is 42.0 Å². The molecule has 0 atom stereocenters. The first-order valence-electron chi connectivity index (χ1n) is 8.57. The van der Waals surface area contributed by atoms with Crippen molar-refractivity contribution in [2.75, 3.05) is 0 Å². The highest BCUT2D eigenvalue weighted by molar-refractivity contribution is 6.05. The van der Waals surface area contributed by atoms with Gasteiger partial charge in [0.15, 0.2) is 0 Å². The molecule has 4 aromatic rings. The molecule has 4 rings (SSSR count). The Hall–Kier alpha value is -3.46. The van der Waals surface area contributed by atoms with E-state index in [2.05, 4.69) is 34.6 Å². The van der Waals surface area contributed by atoms with E-state index >= 15 is 0 Å². The lowest BCUT2D eigenvalue weighted by Gasteiger charge is -2.12. The van der Waals surface area contributed by atoms with Crippen LogP contribution in [0.15, 0.2) is 91.3 Å². The summed E-state index contributed by atoms with van der Waals surface area (Å²) in [6, 6.07) is 26.0. The van der Waals surface area contributed by atoms with E-state index in [-0.39, 0.29) is 5.91 Å². The van der Waals surface area contributed by atoms with E-state index < -0.39 is 0 Å². The van der Waals surface area contributed by atoms with Crippen LogP contribution in [0.3, 0.4) is 0 Å². The minimum absolute atomic E-state index is 0.0784. The molecule has 0 spiro atoms. The second-order valence-electron chi connectivity index (χ2n) is 6.11. The lowest BCUT2D eigenvalue weighted by Crippen LogP contribution is -2.23. The van der Waals surface area contributed by atoms with Crippen LogP contribution in [0.5, 0.6) is 0 Å². The second kappa shape index (κ2) is 7.19. The molecule has 3 heteroatoms. The summed E-state index contributed by atoms with van der Waals surface area (Å²) in [4.78, 5) is 16.8. The van der Waals surface area contributed by atoms with E-state index in [0.717, 1.165) is 27.5 Å². The first kappa shape index (κ1) is 16.0. The number of rotatable bonds is 4. The first-order valence-corrected chi connectivity index (χ1v) is 8.57. The zero-order valence-electron chi connectivity index (χ0n) is 14.2. The van der Waals surface area contributed by atoms with Gasteiger partial charge in [-0.15, -0.1) is 0 Å². The van der Waals surface area contributed by atoms with Crippen LogP contribution in [0.4, 0.5) is 0 Å². The van der Waals surface area contributed by atoms with Gasteiger partial charge in [0.05, 0.1) is 0 Å². The molecule has 26 heavy (non-hydrogen) atoms. The fourth-order valence-electron chi connectivity index (χ4n) is 3.15. The number of carbonyl (C=O) groups excluding carboxylic acids is 1. The molecule has 3 nitrogen and oxygen atoms in total. The molecule has 0 saturated heterocycles. The molecular formula is C23H18N2O. The maximum atomic E-state index is 12.8. The average molecular weight is 338 g/mol. The number of aromatic nitrogens is 1. The van der Waals surface area contributed by atoms with Crippen molar-refractivity contribution in [3.63, 3.8) is 0 Å². The molecule has 0 unspecified atom stereocenters. The molecular weight excluding hydrogens is 320 g/mol. The van der Waals surface area contributed by atoms with Crippen LogP contribution in [0.1, 0.15) is 15.9 Å². The number of benzene rings is 3. The Balaban J connectivity index is 1.69. The van der Waals surface area contributed by atoms with Crippen LogP contribution < -0.4 is 5.32 Å². The van der Waals surface area contributed by atoms with E-state index in [1.807, 2.05) is 54.6 Å². The van der Waals surface area contributed by atoms with Gasteiger partial charge in [-0.25, -0.2) is 0 Å². The van der Waals surface area contributed by atoms with Gasteiger partial charge >= 0.3 is 0 Å². The third kappa shape index (κ3) is 3.20. The quantitative estimate of drug-likeness (QED) is 0.579. The SMILES string of the molecule is O=C(NCc1ccncc1)c1ccccc1-c1cccc2ccccc12. The molecule has 1 aromatic heterocycles. The van der Waals surface area contributed by atoms with Gasteiger partial charge in [0.1, 0.15) is 0 Å². The number of fused-ring (bicyclic) bond motifs is 1. The smallest absolute Gasteiger partial charge is 0.252 e. The van der Waals surface area contributed by atoms with Crippen molar-refractivity contribution in [3.05, 3.63) is 102 Å². The molecule has 0 aliphatic carbocycles. The maximum absolute atomic E-state index is 12.8. The largest absolute Gasteiger partial charge is 0.348 e. The Bertz CT molecular complexity index is 1050. The summed E-state index contributed by atoms with van der Waals surface area (Å²) in [6.07, 6.45) is 3.46. The highest BCUT2D eigenvalue weighted by Gasteiger charge is 2.13. The fraction of sp³-hybridized carbons (Fsp3) is 0.0435. The third-order valence-electron chi connectivity index (χ3n) is 4.45. The van der Waals surface area contributed by atoms with Crippen molar-refractivity contribution in [2.24, 2.45) is 0 Å². The highest BCUT2D eigenvalue weighted by atomic mass is 16.1. The Morgan fingerprint density at radius 2 is 1.46 bits per heavy atom. The van der Waals surface area contributed by atoms with Gasteiger partial charge < -0.3 is 5.32 Å². The van der Waals surface area contributed by atoms with Crippen molar-refractivity contribution in [1.82, 2.24) is 10.3 Å². The van der Waals surface area contributed by atoms with Crippen LogP contribution >= 0.6 is 0 Å². The summed E-state index contributed by atoms with van der Waals surface area (Å²) in [7, 11) is 0. The van der Waals surface area contributed by atoms with Gasteiger partial charge in [0.25, 0.3) is 5.91 Å². The molecule has 3 aromatic carbocycles. The summed E-state index contributed by atoms with van der Waals surface area (Å²) in [5, 5.41) is 5.31. The van der Waals surface area contributed by atoms with Crippen LogP contribution in [-0.2, 0) is 6.54 Å². The first-order chi connectivity index (χ1) is 12.8. The van der Waals surface area contributed by atoms with Gasteiger partial charge in [0.2, 0.25) is 0 Å². The molecule has 0 aliphatic heterocycles. The van der Waals surface area contributed by atoms with Gasteiger partial charge in [-0.1, -0.05) is 60.7 Å². The van der Waals surface area contributed by atoms with E-state index in [0.29, 0.717) is 12.1 Å². The van der Waals surface area contributed by atoms with Gasteiger partial charge in [-0.3, -0.25) is 9.78 Å². The maximum Gasteiger partial charge on any atom is 0.252 e. The molecule has 1 heterocycles. The minimum Gasteiger partial charge on any atom is -0.348 e. The average Bonchev–Trinajstić information content (AvgIpc) is 2.72. The van der Waals surface area contributed by atoms with Gasteiger partial charge in [-0.2, -0.15) is 0 Å². The van der Waals surface area contributed by atoms with E-state index in [9.17, 15) is 4.79 Å². The Morgan fingerprint density at radius 3 is 2.35 bits per heavy atom. The summed E-state index contributed by atoms with van der Waals surface area (Å²) < 4.78 is 0. The molecule has 126 valence electrons. The molecule has 0 fully saturated rings. The summed E-state index contributed by atoms with van der Waals surface area (Å²) >= 11 is 0. The highest BCUT2D eigenvalue weighted by Crippen LogP contribution is 2.31. The minimum atomic E-state index is -0.0784. The third-order valence-corrected chi connectivity index (χ3v) is 4.45. The van der Waals surface area contributed by atoms with Crippen LogP contribution in [-0.4, -0.2) is 10.9 Å². The van der Waals surface area contributed by atoms with Gasteiger partial charge in [0, 0.05) is 24.5 Å². The van der Waals surface area contributed by atoms with Crippen molar-refractivity contribution >= 4 is 16.7 Å².